The Hall–Kier alpha value is -3.78. The van der Waals surface area contributed by atoms with Crippen LogP contribution in [0.3, 0.4) is 0 Å². The summed E-state index contributed by atoms with van der Waals surface area (Å²) in [6.07, 6.45) is 8.03. The van der Waals surface area contributed by atoms with E-state index in [9.17, 15) is 9.59 Å². The summed E-state index contributed by atoms with van der Waals surface area (Å²) in [7, 11) is 1.54. The number of primary amides is 1. The van der Waals surface area contributed by atoms with Crippen LogP contribution in [0.2, 0.25) is 0 Å². The summed E-state index contributed by atoms with van der Waals surface area (Å²) in [5.74, 6) is 0.837. The molecule has 2 saturated heterocycles. The summed E-state index contributed by atoms with van der Waals surface area (Å²) in [5, 5.41) is 0. The van der Waals surface area contributed by atoms with Crippen LogP contribution in [-0.2, 0) is 17.6 Å². The van der Waals surface area contributed by atoms with Gasteiger partial charge in [-0.1, -0.05) is 18.2 Å². The summed E-state index contributed by atoms with van der Waals surface area (Å²) in [6.45, 7) is 3.70. The molecule has 0 unspecified atom stereocenters. The van der Waals surface area contributed by atoms with Gasteiger partial charge in [-0.3, -0.25) is 14.5 Å². The van der Waals surface area contributed by atoms with Gasteiger partial charge in [0, 0.05) is 55.7 Å². The quantitative estimate of drug-likeness (QED) is 0.544. The van der Waals surface area contributed by atoms with Crippen LogP contribution in [0.15, 0.2) is 54.9 Å². The molecule has 3 heterocycles. The van der Waals surface area contributed by atoms with Gasteiger partial charge < -0.3 is 15.4 Å². The zero-order valence-electron chi connectivity index (χ0n) is 21.7. The number of hydrogen-bond acceptors (Lipinski definition) is 6. The van der Waals surface area contributed by atoms with Crippen molar-refractivity contribution < 1.29 is 14.3 Å². The zero-order chi connectivity index (χ0) is 26.3. The van der Waals surface area contributed by atoms with Crippen molar-refractivity contribution in [2.75, 3.05) is 33.3 Å². The summed E-state index contributed by atoms with van der Waals surface area (Å²) < 4.78 is 5.20. The Morgan fingerprint density at radius 2 is 1.84 bits per heavy atom. The Labute approximate surface area is 222 Å². The number of piperidine rings is 1. The fourth-order valence-corrected chi connectivity index (χ4v) is 6.48. The lowest BCUT2D eigenvalue weighted by Gasteiger charge is -2.56. The van der Waals surface area contributed by atoms with Crippen LogP contribution in [0.4, 0.5) is 0 Å². The first-order valence-electron chi connectivity index (χ1n) is 13.3. The molecule has 196 valence electrons. The monoisotopic (exact) mass is 511 g/mol. The number of aromatic nitrogens is 2. The lowest BCUT2D eigenvalue weighted by molar-refractivity contribution is -0.136. The SMILES string of the molecule is COc1ccc(CC(=O)N2CCC3(CC2)CN([C@@H]2CCc4cc(-c5ncccn5)ccc42)C3)c(C(N)=O)c1. The Kier molecular flexibility index (Phi) is 6.35. The van der Waals surface area contributed by atoms with Crippen molar-refractivity contribution in [2.45, 2.75) is 38.1 Å². The Bertz CT molecular complexity index is 1360. The molecule has 8 nitrogen and oxygen atoms in total. The second-order valence-corrected chi connectivity index (χ2v) is 10.9. The number of aryl methyl sites for hydroxylation is 1. The normalized spacial score (nSPS) is 20.1. The highest BCUT2D eigenvalue weighted by Gasteiger charge is 2.48. The van der Waals surface area contributed by atoms with E-state index in [1.165, 1.54) is 11.1 Å². The minimum Gasteiger partial charge on any atom is -0.497 e. The van der Waals surface area contributed by atoms with Gasteiger partial charge in [0.05, 0.1) is 13.5 Å². The molecule has 2 aliphatic heterocycles. The van der Waals surface area contributed by atoms with Crippen molar-refractivity contribution >= 4 is 11.8 Å². The van der Waals surface area contributed by atoms with E-state index in [-0.39, 0.29) is 12.3 Å². The largest absolute Gasteiger partial charge is 0.497 e. The molecule has 1 spiro atoms. The molecule has 2 amide bonds. The Balaban J connectivity index is 1.05. The number of ether oxygens (including phenoxy) is 1. The maximum atomic E-state index is 13.1. The number of fused-ring (bicyclic) bond motifs is 1. The van der Waals surface area contributed by atoms with Crippen LogP contribution >= 0.6 is 0 Å². The van der Waals surface area contributed by atoms with Crippen LogP contribution in [0.5, 0.6) is 5.75 Å². The fourth-order valence-electron chi connectivity index (χ4n) is 6.48. The third kappa shape index (κ3) is 4.53. The van der Waals surface area contributed by atoms with Crippen molar-refractivity contribution in [2.24, 2.45) is 11.1 Å². The Morgan fingerprint density at radius 3 is 2.55 bits per heavy atom. The number of carbonyl (C=O) groups excluding carboxylic acids is 2. The number of rotatable bonds is 6. The van der Waals surface area contributed by atoms with Gasteiger partial charge in [-0.05, 0) is 72.1 Å². The number of amides is 2. The van der Waals surface area contributed by atoms with E-state index in [2.05, 4.69) is 33.1 Å². The number of likely N-dealkylation sites (tertiary alicyclic amines) is 2. The molecule has 38 heavy (non-hydrogen) atoms. The minimum absolute atomic E-state index is 0.0478. The molecular formula is C30H33N5O3. The van der Waals surface area contributed by atoms with Crippen molar-refractivity contribution in [1.29, 1.82) is 0 Å². The van der Waals surface area contributed by atoms with Crippen LogP contribution in [0.25, 0.3) is 11.4 Å². The van der Waals surface area contributed by atoms with Crippen LogP contribution in [-0.4, -0.2) is 64.9 Å². The first kappa shape index (κ1) is 24.6. The van der Waals surface area contributed by atoms with Gasteiger partial charge in [0.15, 0.2) is 5.82 Å². The van der Waals surface area contributed by atoms with Crippen molar-refractivity contribution in [3.8, 4) is 17.1 Å². The van der Waals surface area contributed by atoms with Gasteiger partial charge in [0.1, 0.15) is 5.75 Å². The number of methoxy groups -OCH3 is 1. The predicted molar refractivity (Wildman–Crippen MR) is 144 cm³/mol. The zero-order valence-corrected chi connectivity index (χ0v) is 21.7. The van der Waals surface area contributed by atoms with Crippen molar-refractivity contribution in [3.63, 3.8) is 0 Å². The van der Waals surface area contributed by atoms with E-state index in [4.69, 9.17) is 10.5 Å². The third-order valence-corrected chi connectivity index (χ3v) is 8.63. The molecule has 1 aromatic heterocycles. The average Bonchev–Trinajstić information content (AvgIpc) is 3.35. The van der Waals surface area contributed by atoms with Gasteiger partial charge in [-0.25, -0.2) is 9.97 Å². The second-order valence-electron chi connectivity index (χ2n) is 10.9. The number of benzene rings is 2. The summed E-state index contributed by atoms with van der Waals surface area (Å²) in [4.78, 5) is 38.4. The summed E-state index contributed by atoms with van der Waals surface area (Å²) in [5.41, 5.74) is 10.8. The molecule has 3 aliphatic rings. The maximum absolute atomic E-state index is 13.1. The van der Waals surface area contributed by atoms with Gasteiger partial charge in [0.2, 0.25) is 11.8 Å². The average molecular weight is 512 g/mol. The van der Waals surface area contributed by atoms with E-state index in [0.717, 1.165) is 63.3 Å². The number of nitrogens with zero attached hydrogens (tertiary/aromatic N) is 4. The first-order valence-corrected chi connectivity index (χ1v) is 13.3. The van der Waals surface area contributed by atoms with Crippen molar-refractivity contribution in [3.05, 3.63) is 77.1 Å². The molecule has 2 N–H and O–H groups in total. The molecule has 0 radical (unpaired) electrons. The molecule has 1 atom stereocenters. The molecule has 0 bridgehead atoms. The predicted octanol–water partition coefficient (Wildman–Crippen LogP) is 3.41. The molecular weight excluding hydrogens is 478 g/mol. The second kappa shape index (κ2) is 9.83. The summed E-state index contributed by atoms with van der Waals surface area (Å²) >= 11 is 0. The summed E-state index contributed by atoms with van der Waals surface area (Å²) in [6, 6.07) is 14.1. The lowest BCUT2D eigenvalue weighted by Crippen LogP contribution is -2.61. The smallest absolute Gasteiger partial charge is 0.249 e. The van der Waals surface area contributed by atoms with Crippen molar-refractivity contribution in [1.82, 2.24) is 19.8 Å². The van der Waals surface area contributed by atoms with Crippen LogP contribution in [0, 0.1) is 5.41 Å². The third-order valence-electron chi connectivity index (χ3n) is 8.63. The highest BCUT2D eigenvalue weighted by atomic mass is 16.5. The van der Waals surface area contributed by atoms with Crippen LogP contribution < -0.4 is 10.5 Å². The van der Waals surface area contributed by atoms with Gasteiger partial charge in [-0.2, -0.15) is 0 Å². The molecule has 1 aliphatic carbocycles. The first-order chi connectivity index (χ1) is 18.4. The number of nitrogens with two attached hydrogens (primary N) is 1. The molecule has 2 aromatic carbocycles. The molecule has 2 fully saturated rings. The van der Waals surface area contributed by atoms with E-state index >= 15 is 0 Å². The van der Waals surface area contributed by atoms with Crippen LogP contribution in [0.1, 0.15) is 52.4 Å². The number of hydrogen-bond donors (Lipinski definition) is 1. The Morgan fingerprint density at radius 1 is 1.08 bits per heavy atom. The van der Waals surface area contributed by atoms with E-state index in [1.807, 2.05) is 11.0 Å². The molecule has 0 saturated carbocycles. The standard InChI is InChI=1S/C30H33N5O3/c1-38-23-6-3-21(25(17-23)28(31)37)16-27(36)34-13-9-30(10-14-34)18-35(19-30)26-8-5-20-15-22(4-7-24(20)26)29-32-11-2-12-33-29/h2-4,6-7,11-12,15,17,26H,5,8-10,13-14,16,18-19H2,1H3,(H2,31,37)/t26-/m1/s1. The lowest BCUT2D eigenvalue weighted by atomic mass is 9.71. The van der Waals surface area contributed by atoms with Gasteiger partial charge >= 0.3 is 0 Å². The maximum Gasteiger partial charge on any atom is 0.249 e. The molecule has 6 rings (SSSR count). The highest BCUT2D eigenvalue weighted by molar-refractivity contribution is 5.96. The molecule has 3 aromatic rings. The van der Waals surface area contributed by atoms with Gasteiger partial charge in [-0.15, -0.1) is 0 Å². The number of carbonyl (C=O) groups is 2. The van der Waals surface area contributed by atoms with E-state index in [1.54, 1.807) is 37.7 Å². The van der Waals surface area contributed by atoms with E-state index in [0.29, 0.717) is 28.3 Å². The van der Waals surface area contributed by atoms with Gasteiger partial charge in [0.25, 0.3) is 0 Å². The molecule has 8 heteroatoms. The minimum atomic E-state index is -0.544. The van der Waals surface area contributed by atoms with E-state index < -0.39 is 5.91 Å². The fraction of sp³-hybridized carbons (Fsp3) is 0.400. The topological polar surface area (TPSA) is 102 Å². The highest BCUT2D eigenvalue weighted by Crippen LogP contribution is 2.48.